The first kappa shape index (κ1) is 30.8. The van der Waals surface area contributed by atoms with Crippen molar-refractivity contribution in [2.24, 2.45) is 11.7 Å². The third kappa shape index (κ3) is 8.62. The lowest BCUT2D eigenvalue weighted by Crippen LogP contribution is -2.50. The average molecular weight is 565 g/mol. The number of carboxylic acid groups (broad SMARTS) is 1. The first-order chi connectivity index (χ1) is 18.4. The molecule has 216 valence electrons. The number of carbonyl (C=O) groups is 1. The van der Waals surface area contributed by atoms with E-state index >= 15 is 0 Å². The van der Waals surface area contributed by atoms with Gasteiger partial charge in [-0.15, -0.1) is 0 Å². The van der Waals surface area contributed by atoms with Crippen LogP contribution >= 0.6 is 0 Å². The summed E-state index contributed by atoms with van der Waals surface area (Å²) in [4.78, 5) is 11.3. The van der Waals surface area contributed by atoms with Crippen molar-refractivity contribution >= 4 is 21.8 Å². The highest BCUT2D eigenvalue weighted by Crippen LogP contribution is 2.32. The topological polar surface area (TPSA) is 177 Å². The molecule has 2 aromatic rings. The zero-order valence-corrected chi connectivity index (χ0v) is 23.2. The molecule has 4 rings (SSSR count). The minimum Gasteiger partial charge on any atom is -0.465 e. The molecule has 2 atom stereocenters. The fourth-order valence-corrected chi connectivity index (χ4v) is 6.19. The minimum atomic E-state index is -3.90. The number of nitrogens with zero attached hydrogens (tertiary/aromatic N) is 1. The SMILES string of the molecule is CC(C)CN(CC(O)C(Cc1ccccc1)NC(=O)O)S(=O)(=O)c1ccc(N)cc1.NC12CCOC1OCC2. The number of nitrogen functional groups attached to an aromatic ring is 1. The van der Waals surface area contributed by atoms with Crippen LogP contribution in [0.4, 0.5) is 10.5 Å². The van der Waals surface area contributed by atoms with Gasteiger partial charge in [-0.3, -0.25) is 0 Å². The van der Waals surface area contributed by atoms with Gasteiger partial charge in [0.15, 0.2) is 6.29 Å². The Morgan fingerprint density at radius 3 is 2.18 bits per heavy atom. The smallest absolute Gasteiger partial charge is 0.404 e. The molecular formula is C27H40N4O7S. The normalized spacial score (nSPS) is 22.2. The maximum absolute atomic E-state index is 13.2. The molecule has 2 heterocycles. The average Bonchev–Trinajstić information content (AvgIpc) is 3.42. The van der Waals surface area contributed by atoms with Gasteiger partial charge < -0.3 is 36.5 Å². The van der Waals surface area contributed by atoms with Gasteiger partial charge in [-0.2, -0.15) is 4.31 Å². The number of rotatable bonds is 10. The van der Waals surface area contributed by atoms with Gasteiger partial charge >= 0.3 is 6.09 Å². The number of hydrogen-bond donors (Lipinski definition) is 5. The maximum atomic E-state index is 13.2. The number of aliphatic hydroxyl groups is 1. The predicted molar refractivity (Wildman–Crippen MR) is 147 cm³/mol. The van der Waals surface area contributed by atoms with E-state index in [-0.39, 0.29) is 42.2 Å². The molecule has 2 saturated heterocycles. The van der Waals surface area contributed by atoms with Crippen molar-refractivity contribution < 1.29 is 32.9 Å². The Morgan fingerprint density at radius 2 is 1.67 bits per heavy atom. The number of nitrogens with one attached hydrogen (secondary N) is 1. The van der Waals surface area contributed by atoms with E-state index in [9.17, 15) is 23.4 Å². The van der Waals surface area contributed by atoms with E-state index in [1.165, 1.54) is 28.6 Å². The molecule has 0 bridgehead atoms. The van der Waals surface area contributed by atoms with E-state index in [1.807, 2.05) is 44.2 Å². The largest absolute Gasteiger partial charge is 0.465 e. The second kappa shape index (κ2) is 13.6. The Labute approximate surface area is 230 Å². The van der Waals surface area contributed by atoms with Crippen LogP contribution < -0.4 is 16.8 Å². The van der Waals surface area contributed by atoms with Crippen LogP contribution in [0, 0.1) is 5.92 Å². The molecule has 2 unspecified atom stereocenters. The van der Waals surface area contributed by atoms with Crippen LogP contribution in [-0.4, -0.2) is 79.3 Å². The molecule has 0 radical (unpaired) electrons. The summed E-state index contributed by atoms with van der Waals surface area (Å²) >= 11 is 0. The van der Waals surface area contributed by atoms with Gasteiger partial charge in [-0.25, -0.2) is 13.2 Å². The van der Waals surface area contributed by atoms with E-state index in [2.05, 4.69) is 5.32 Å². The Kier molecular flexibility index (Phi) is 10.7. The monoisotopic (exact) mass is 564 g/mol. The Hall–Kier alpha value is -2.74. The van der Waals surface area contributed by atoms with Crippen molar-refractivity contribution in [3.8, 4) is 0 Å². The number of sulfonamides is 1. The Morgan fingerprint density at radius 1 is 1.08 bits per heavy atom. The highest BCUT2D eigenvalue weighted by Gasteiger charge is 2.45. The lowest BCUT2D eigenvalue weighted by atomic mass is 9.97. The molecule has 11 nitrogen and oxygen atoms in total. The van der Waals surface area contributed by atoms with Crippen LogP contribution in [-0.2, 0) is 25.9 Å². The summed E-state index contributed by atoms with van der Waals surface area (Å²) in [5, 5.41) is 22.3. The number of ether oxygens (including phenoxy) is 2. The van der Waals surface area contributed by atoms with Crippen molar-refractivity contribution in [3.63, 3.8) is 0 Å². The molecule has 2 aliphatic rings. The fourth-order valence-electron chi connectivity index (χ4n) is 4.57. The van der Waals surface area contributed by atoms with Gasteiger partial charge in [0.2, 0.25) is 10.0 Å². The third-order valence-electron chi connectivity index (χ3n) is 6.69. The standard InChI is InChI=1S/C21H29N3O5S.C6H11NO2/c1-15(2)13-24(30(28,29)18-10-8-17(22)9-11-18)14-20(25)19(23-21(26)27)12-16-6-4-3-5-7-16;7-6-1-3-8-5(6)9-4-2-6/h3-11,15,19-20,23,25H,12-14,22H2,1-2H3,(H,26,27);5H,1-4,7H2. The van der Waals surface area contributed by atoms with Crippen molar-refractivity contribution in [1.82, 2.24) is 9.62 Å². The highest BCUT2D eigenvalue weighted by atomic mass is 32.2. The van der Waals surface area contributed by atoms with E-state index in [0.29, 0.717) is 5.69 Å². The summed E-state index contributed by atoms with van der Waals surface area (Å²) in [5.41, 5.74) is 12.7. The molecule has 2 fully saturated rings. The van der Waals surface area contributed by atoms with Gasteiger partial charge in [0, 0.05) is 18.8 Å². The number of benzene rings is 2. The summed E-state index contributed by atoms with van der Waals surface area (Å²) in [5.74, 6) is 0.000706. The first-order valence-electron chi connectivity index (χ1n) is 13.0. The minimum absolute atomic E-state index is 0.000706. The summed E-state index contributed by atoms with van der Waals surface area (Å²) in [7, 11) is -3.90. The van der Waals surface area contributed by atoms with Gasteiger partial charge in [-0.1, -0.05) is 44.2 Å². The molecule has 39 heavy (non-hydrogen) atoms. The van der Waals surface area contributed by atoms with Gasteiger partial charge in [0.05, 0.1) is 35.8 Å². The van der Waals surface area contributed by atoms with Crippen molar-refractivity contribution in [1.29, 1.82) is 0 Å². The number of hydrogen-bond acceptors (Lipinski definition) is 8. The second-order valence-corrected chi connectivity index (χ2v) is 12.3. The lowest BCUT2D eigenvalue weighted by molar-refractivity contribution is -0.0948. The second-order valence-electron chi connectivity index (χ2n) is 10.4. The molecule has 0 aromatic heterocycles. The Bertz CT molecular complexity index is 1150. The zero-order chi connectivity index (χ0) is 28.6. The summed E-state index contributed by atoms with van der Waals surface area (Å²) in [6.07, 6.45) is -0.492. The zero-order valence-electron chi connectivity index (χ0n) is 22.4. The van der Waals surface area contributed by atoms with E-state index in [0.717, 1.165) is 31.6 Å². The number of nitrogens with two attached hydrogens (primary N) is 2. The Balaban J connectivity index is 0.000000387. The van der Waals surface area contributed by atoms with Crippen molar-refractivity contribution in [2.75, 3.05) is 32.0 Å². The van der Waals surface area contributed by atoms with Crippen LogP contribution in [0.15, 0.2) is 59.5 Å². The maximum Gasteiger partial charge on any atom is 0.404 e. The number of fused-ring (bicyclic) bond motifs is 1. The van der Waals surface area contributed by atoms with E-state index < -0.39 is 28.3 Å². The molecule has 12 heteroatoms. The van der Waals surface area contributed by atoms with Crippen LogP contribution in [0.2, 0.25) is 0 Å². The van der Waals surface area contributed by atoms with E-state index in [4.69, 9.17) is 20.9 Å². The molecule has 7 N–H and O–H groups in total. The van der Waals surface area contributed by atoms with Crippen molar-refractivity contribution in [2.45, 2.75) is 62.0 Å². The third-order valence-corrected chi connectivity index (χ3v) is 8.54. The number of anilines is 1. The van der Waals surface area contributed by atoms with Gasteiger partial charge in [0.1, 0.15) is 0 Å². The van der Waals surface area contributed by atoms with Crippen molar-refractivity contribution in [3.05, 3.63) is 60.2 Å². The van der Waals surface area contributed by atoms with Gasteiger partial charge in [0.25, 0.3) is 0 Å². The fraction of sp³-hybridized carbons (Fsp3) is 0.519. The molecule has 0 aliphatic carbocycles. The molecular weight excluding hydrogens is 524 g/mol. The lowest BCUT2D eigenvalue weighted by Gasteiger charge is -2.30. The quantitative estimate of drug-likeness (QED) is 0.270. The highest BCUT2D eigenvalue weighted by molar-refractivity contribution is 7.89. The summed E-state index contributed by atoms with van der Waals surface area (Å²) in [6, 6.07) is 14.1. The van der Waals surface area contributed by atoms with Gasteiger partial charge in [-0.05, 0) is 55.0 Å². The molecule has 2 aliphatic heterocycles. The molecule has 1 amide bonds. The van der Waals surface area contributed by atoms with Crippen LogP contribution in [0.25, 0.3) is 0 Å². The van der Waals surface area contributed by atoms with E-state index in [1.54, 1.807) is 0 Å². The number of amides is 1. The van der Waals surface area contributed by atoms with Crippen LogP contribution in [0.1, 0.15) is 32.3 Å². The van der Waals surface area contributed by atoms with Crippen LogP contribution in [0.3, 0.4) is 0 Å². The summed E-state index contributed by atoms with van der Waals surface area (Å²) in [6.45, 7) is 5.20. The number of aliphatic hydroxyl groups excluding tert-OH is 1. The first-order valence-corrected chi connectivity index (χ1v) is 14.4. The van der Waals surface area contributed by atoms with Crippen LogP contribution in [0.5, 0.6) is 0 Å². The predicted octanol–water partition coefficient (Wildman–Crippen LogP) is 2.01. The molecule has 0 saturated carbocycles. The molecule has 2 aromatic carbocycles. The summed E-state index contributed by atoms with van der Waals surface area (Å²) < 4.78 is 38.0. The molecule has 0 spiro atoms.